The van der Waals surface area contributed by atoms with Gasteiger partial charge in [-0.15, -0.1) is 0 Å². The molecule has 1 saturated heterocycles. The lowest BCUT2D eigenvalue weighted by Gasteiger charge is -2.28. The number of Topliss-reactive ketones (excluding diaryl/α,β-unsaturated/α-hetero) is 1. The molecule has 162 valence electrons. The highest BCUT2D eigenvalue weighted by Gasteiger charge is 2.20. The predicted molar refractivity (Wildman–Crippen MR) is 123 cm³/mol. The van der Waals surface area contributed by atoms with E-state index in [0.717, 1.165) is 59.5 Å². The van der Waals surface area contributed by atoms with Crippen LogP contribution < -0.4 is 0 Å². The summed E-state index contributed by atoms with van der Waals surface area (Å²) in [5.41, 5.74) is 5.08. The van der Waals surface area contributed by atoms with Crippen molar-refractivity contribution in [3.63, 3.8) is 0 Å². The van der Waals surface area contributed by atoms with Crippen molar-refractivity contribution < 1.29 is 4.79 Å². The van der Waals surface area contributed by atoms with E-state index in [0.29, 0.717) is 11.5 Å². The maximum Gasteiger partial charge on any atom is 0.168 e. The van der Waals surface area contributed by atoms with E-state index >= 15 is 0 Å². The van der Waals surface area contributed by atoms with Crippen molar-refractivity contribution in [1.29, 1.82) is 0 Å². The number of pyridine rings is 3. The number of nitrogens with zero attached hydrogens (tertiary/aromatic N) is 6. The van der Waals surface area contributed by atoms with Crippen molar-refractivity contribution in [2.45, 2.75) is 25.2 Å². The molecule has 0 N–H and O–H groups in total. The van der Waals surface area contributed by atoms with Crippen LogP contribution in [0, 0.1) is 0 Å². The highest BCUT2D eigenvalue weighted by molar-refractivity contribution is 5.97. The van der Waals surface area contributed by atoms with Crippen LogP contribution in [-0.4, -0.2) is 55.6 Å². The molecule has 0 unspecified atom stereocenters. The van der Waals surface area contributed by atoms with Crippen LogP contribution in [0.1, 0.15) is 40.5 Å². The Morgan fingerprint density at radius 2 is 1.91 bits per heavy atom. The van der Waals surface area contributed by atoms with Gasteiger partial charge in [0.1, 0.15) is 0 Å². The molecule has 7 heteroatoms. The first kappa shape index (κ1) is 20.5. The monoisotopic (exact) mass is 426 g/mol. The summed E-state index contributed by atoms with van der Waals surface area (Å²) in [5.74, 6) is 0.477. The van der Waals surface area contributed by atoms with Crippen molar-refractivity contribution in [2.75, 3.05) is 20.1 Å². The van der Waals surface area contributed by atoms with Crippen LogP contribution in [0.4, 0.5) is 0 Å². The second kappa shape index (κ2) is 8.59. The Labute approximate surface area is 187 Å². The van der Waals surface area contributed by atoms with E-state index in [1.54, 1.807) is 29.3 Å². The predicted octanol–water partition coefficient (Wildman–Crippen LogP) is 3.66. The molecule has 0 atom stereocenters. The lowest BCUT2D eigenvalue weighted by molar-refractivity contribution is 0.0991. The molecular weight excluding hydrogens is 400 g/mol. The SMILES string of the molecule is CN1CCC(c2cc(C(=O)Cc3cc4nc(-c5cnn(C)c5)ccc4cn3)ccn2)CC1. The average Bonchev–Trinajstić information content (AvgIpc) is 3.25. The average molecular weight is 427 g/mol. The van der Waals surface area contributed by atoms with Gasteiger partial charge in [0.05, 0.1) is 29.5 Å². The Kier molecular flexibility index (Phi) is 5.49. The summed E-state index contributed by atoms with van der Waals surface area (Å²) in [4.78, 5) is 29.2. The highest BCUT2D eigenvalue weighted by atomic mass is 16.1. The van der Waals surface area contributed by atoms with E-state index in [1.807, 2.05) is 37.5 Å². The second-order valence-electron chi connectivity index (χ2n) is 8.61. The number of likely N-dealkylation sites (tertiary alicyclic amines) is 1. The minimum atomic E-state index is 0.0526. The number of piperidine rings is 1. The molecule has 4 aromatic rings. The first-order valence-electron chi connectivity index (χ1n) is 11.0. The minimum absolute atomic E-state index is 0.0526. The molecule has 0 aromatic carbocycles. The van der Waals surface area contributed by atoms with Crippen LogP contribution in [-0.2, 0) is 13.5 Å². The third-order valence-electron chi connectivity index (χ3n) is 6.21. The molecule has 0 spiro atoms. The Balaban J connectivity index is 1.36. The quantitative estimate of drug-likeness (QED) is 0.453. The zero-order valence-electron chi connectivity index (χ0n) is 18.4. The van der Waals surface area contributed by atoms with Gasteiger partial charge in [0.2, 0.25) is 0 Å². The lowest BCUT2D eigenvalue weighted by atomic mass is 9.92. The summed E-state index contributed by atoms with van der Waals surface area (Å²) in [5, 5.41) is 5.17. The van der Waals surface area contributed by atoms with Gasteiger partial charge < -0.3 is 4.90 Å². The van der Waals surface area contributed by atoms with Gasteiger partial charge in [-0.3, -0.25) is 19.4 Å². The molecule has 0 radical (unpaired) electrons. The Morgan fingerprint density at radius 3 is 2.69 bits per heavy atom. The molecule has 0 amide bonds. The first-order chi connectivity index (χ1) is 15.5. The standard InChI is InChI=1S/C25H26N6O/c1-30-9-6-17(7-10-30)23-11-18(5-8-26-23)25(32)13-21-12-24-19(14-27-21)3-4-22(29-24)20-15-28-31(2)16-20/h3-5,8,11-12,14-17H,6-7,9-10,13H2,1-2H3. The van der Waals surface area contributed by atoms with Gasteiger partial charge in [-0.2, -0.15) is 5.10 Å². The number of rotatable bonds is 5. The van der Waals surface area contributed by atoms with Gasteiger partial charge in [0.25, 0.3) is 0 Å². The summed E-state index contributed by atoms with van der Waals surface area (Å²) in [6.07, 6.45) is 9.68. The fraction of sp³-hybridized carbons (Fsp3) is 0.320. The maximum absolute atomic E-state index is 13.0. The largest absolute Gasteiger partial charge is 0.306 e. The maximum atomic E-state index is 13.0. The number of hydrogen-bond donors (Lipinski definition) is 0. The topological polar surface area (TPSA) is 76.8 Å². The van der Waals surface area contributed by atoms with Crippen molar-refractivity contribution in [3.05, 3.63) is 72.1 Å². The smallest absolute Gasteiger partial charge is 0.168 e. The van der Waals surface area contributed by atoms with Gasteiger partial charge in [-0.1, -0.05) is 0 Å². The van der Waals surface area contributed by atoms with E-state index in [4.69, 9.17) is 4.98 Å². The van der Waals surface area contributed by atoms with E-state index < -0.39 is 0 Å². The van der Waals surface area contributed by atoms with Crippen molar-refractivity contribution >= 4 is 16.7 Å². The number of aromatic nitrogens is 5. The molecule has 7 nitrogen and oxygen atoms in total. The van der Waals surface area contributed by atoms with Gasteiger partial charge in [-0.25, -0.2) is 4.98 Å². The molecule has 1 aliphatic rings. The summed E-state index contributed by atoms with van der Waals surface area (Å²) in [7, 11) is 4.03. The first-order valence-corrected chi connectivity index (χ1v) is 11.0. The highest BCUT2D eigenvalue weighted by Crippen LogP contribution is 2.27. The minimum Gasteiger partial charge on any atom is -0.306 e. The van der Waals surface area contributed by atoms with Crippen LogP contribution in [0.25, 0.3) is 22.2 Å². The number of aryl methyl sites for hydroxylation is 1. The zero-order chi connectivity index (χ0) is 22.1. The number of carbonyl (C=O) groups excluding carboxylic acids is 1. The number of hydrogen-bond acceptors (Lipinski definition) is 6. The van der Waals surface area contributed by atoms with Gasteiger partial charge >= 0.3 is 0 Å². The van der Waals surface area contributed by atoms with Crippen LogP contribution in [0.15, 0.2) is 55.1 Å². The van der Waals surface area contributed by atoms with E-state index in [1.165, 1.54) is 0 Å². The van der Waals surface area contributed by atoms with E-state index in [9.17, 15) is 4.79 Å². The molecule has 5 rings (SSSR count). The van der Waals surface area contributed by atoms with Crippen LogP contribution in [0.3, 0.4) is 0 Å². The van der Waals surface area contributed by atoms with E-state index in [-0.39, 0.29) is 12.2 Å². The normalized spacial score (nSPS) is 15.3. The van der Waals surface area contributed by atoms with Gasteiger partial charge in [0, 0.05) is 53.8 Å². The zero-order valence-corrected chi connectivity index (χ0v) is 18.4. The fourth-order valence-corrected chi connectivity index (χ4v) is 4.28. The summed E-state index contributed by atoms with van der Waals surface area (Å²) >= 11 is 0. The van der Waals surface area contributed by atoms with Crippen LogP contribution in [0.2, 0.25) is 0 Å². The molecule has 32 heavy (non-hydrogen) atoms. The Hall–Kier alpha value is -3.45. The number of carbonyl (C=O) groups is 1. The molecular formula is C25H26N6O. The molecule has 1 fully saturated rings. The molecule has 0 bridgehead atoms. The van der Waals surface area contributed by atoms with Gasteiger partial charge in [-0.05, 0) is 63.3 Å². The van der Waals surface area contributed by atoms with Crippen molar-refractivity contribution in [3.8, 4) is 11.3 Å². The molecule has 5 heterocycles. The molecule has 0 saturated carbocycles. The fourth-order valence-electron chi connectivity index (χ4n) is 4.28. The summed E-state index contributed by atoms with van der Waals surface area (Å²) < 4.78 is 1.76. The lowest BCUT2D eigenvalue weighted by Crippen LogP contribution is -2.29. The van der Waals surface area contributed by atoms with E-state index in [2.05, 4.69) is 27.0 Å². The Morgan fingerprint density at radius 1 is 1.06 bits per heavy atom. The Bertz CT molecular complexity index is 1270. The second-order valence-corrected chi connectivity index (χ2v) is 8.61. The molecule has 0 aliphatic carbocycles. The van der Waals surface area contributed by atoms with Crippen LogP contribution in [0.5, 0.6) is 0 Å². The number of ketones is 1. The summed E-state index contributed by atoms with van der Waals surface area (Å²) in [6, 6.07) is 9.65. The molecule has 1 aliphatic heterocycles. The number of fused-ring (bicyclic) bond motifs is 1. The van der Waals surface area contributed by atoms with Crippen LogP contribution >= 0.6 is 0 Å². The van der Waals surface area contributed by atoms with Crippen molar-refractivity contribution in [2.24, 2.45) is 7.05 Å². The van der Waals surface area contributed by atoms with Crippen molar-refractivity contribution in [1.82, 2.24) is 29.6 Å². The summed E-state index contributed by atoms with van der Waals surface area (Å²) in [6.45, 7) is 2.14. The molecule has 4 aromatic heterocycles. The third kappa shape index (κ3) is 4.29. The van der Waals surface area contributed by atoms with Gasteiger partial charge in [0.15, 0.2) is 5.78 Å². The third-order valence-corrected chi connectivity index (χ3v) is 6.21.